The van der Waals surface area contributed by atoms with Crippen LogP contribution < -0.4 is 0 Å². The highest BCUT2D eigenvalue weighted by Crippen LogP contribution is 2.50. The Balaban J connectivity index is 2.32. The first-order valence-corrected chi connectivity index (χ1v) is 4.50. The minimum absolute atomic E-state index is 0.0834. The van der Waals surface area contributed by atoms with Gasteiger partial charge in [0.1, 0.15) is 5.78 Å². The van der Waals surface area contributed by atoms with E-state index in [1.54, 1.807) is 0 Å². The summed E-state index contributed by atoms with van der Waals surface area (Å²) in [6.07, 6.45) is 0.679. The number of carboxylic acids is 2. The molecule has 2 rings (SSSR count). The fraction of sp³-hybridized carbons (Fsp3) is 0.667. The molecule has 0 radical (unpaired) electrons. The van der Waals surface area contributed by atoms with Crippen LogP contribution in [-0.4, -0.2) is 27.9 Å². The third kappa shape index (κ3) is 1.05. The van der Waals surface area contributed by atoms with Gasteiger partial charge in [0.05, 0.1) is 11.8 Å². The molecule has 5 nitrogen and oxygen atoms in total. The smallest absolute Gasteiger partial charge is 0.308 e. The van der Waals surface area contributed by atoms with Gasteiger partial charge in [0, 0.05) is 12.3 Å². The molecule has 0 aromatic carbocycles. The van der Waals surface area contributed by atoms with Gasteiger partial charge in [0.15, 0.2) is 0 Å². The fourth-order valence-corrected chi connectivity index (χ4v) is 2.80. The first-order valence-electron chi connectivity index (χ1n) is 4.50. The van der Waals surface area contributed by atoms with Crippen molar-refractivity contribution in [1.29, 1.82) is 0 Å². The van der Waals surface area contributed by atoms with E-state index < -0.39 is 29.7 Å². The zero-order valence-corrected chi connectivity index (χ0v) is 7.34. The van der Waals surface area contributed by atoms with Crippen molar-refractivity contribution in [3.8, 4) is 0 Å². The summed E-state index contributed by atoms with van der Waals surface area (Å²) >= 11 is 0. The van der Waals surface area contributed by atoms with E-state index in [9.17, 15) is 14.4 Å². The number of fused-ring (bicyclic) bond motifs is 2. The summed E-state index contributed by atoms with van der Waals surface area (Å²) in [7, 11) is 0. The molecule has 2 saturated carbocycles. The fourth-order valence-electron chi connectivity index (χ4n) is 2.80. The molecule has 2 aliphatic carbocycles. The number of carbonyl (C=O) groups is 3. The van der Waals surface area contributed by atoms with Gasteiger partial charge >= 0.3 is 11.9 Å². The van der Waals surface area contributed by atoms with Gasteiger partial charge in [-0.25, -0.2) is 0 Å². The number of carboxylic acid groups (broad SMARTS) is 2. The van der Waals surface area contributed by atoms with Gasteiger partial charge in [0.2, 0.25) is 0 Å². The second-order valence-corrected chi connectivity index (χ2v) is 4.00. The van der Waals surface area contributed by atoms with Crippen molar-refractivity contribution in [2.75, 3.05) is 0 Å². The van der Waals surface area contributed by atoms with Gasteiger partial charge in [-0.05, 0) is 12.3 Å². The number of ketones is 1. The normalized spacial score (nSPS) is 40.1. The average Bonchev–Trinajstić information content (AvgIpc) is 2.58. The van der Waals surface area contributed by atoms with Crippen LogP contribution in [0.4, 0.5) is 0 Å². The second kappa shape index (κ2) is 2.80. The van der Waals surface area contributed by atoms with Crippen molar-refractivity contribution in [1.82, 2.24) is 0 Å². The van der Waals surface area contributed by atoms with Gasteiger partial charge in [-0.3, -0.25) is 14.4 Å². The van der Waals surface area contributed by atoms with E-state index in [2.05, 4.69) is 0 Å². The first kappa shape index (κ1) is 9.18. The molecule has 14 heavy (non-hydrogen) atoms. The quantitative estimate of drug-likeness (QED) is 0.651. The Morgan fingerprint density at radius 2 is 1.71 bits per heavy atom. The predicted molar refractivity (Wildman–Crippen MR) is 43.5 cm³/mol. The SMILES string of the molecule is O=C(O)[C@@H]1[C@@H](C(=O)O)[C@@H]2CC(=O)[C@H]1C2. The maximum atomic E-state index is 11.3. The van der Waals surface area contributed by atoms with Crippen molar-refractivity contribution < 1.29 is 24.6 Å². The molecule has 0 spiro atoms. The molecule has 2 N–H and O–H groups in total. The molecule has 0 heterocycles. The van der Waals surface area contributed by atoms with Gasteiger partial charge in [-0.1, -0.05) is 0 Å². The first-order chi connectivity index (χ1) is 6.52. The molecule has 2 fully saturated rings. The lowest BCUT2D eigenvalue weighted by Gasteiger charge is -2.23. The van der Waals surface area contributed by atoms with E-state index in [1.165, 1.54) is 0 Å². The van der Waals surface area contributed by atoms with Crippen molar-refractivity contribution in [3.63, 3.8) is 0 Å². The molecule has 0 aromatic heterocycles. The standard InChI is InChI=1S/C9H10O5/c10-5-2-3-1-4(5)7(9(13)14)6(3)8(11)12/h3-4,6-7H,1-2H2,(H,11,12)(H,13,14)/t3-,4+,6-,7-/m0/s1. The van der Waals surface area contributed by atoms with Crippen molar-refractivity contribution in [3.05, 3.63) is 0 Å². The third-order valence-corrected chi connectivity index (χ3v) is 3.33. The van der Waals surface area contributed by atoms with Crippen LogP contribution in [0.15, 0.2) is 0 Å². The molecular weight excluding hydrogens is 188 g/mol. The van der Waals surface area contributed by atoms with E-state index in [4.69, 9.17) is 10.2 Å². The van der Waals surface area contributed by atoms with Crippen molar-refractivity contribution >= 4 is 17.7 Å². The van der Waals surface area contributed by atoms with Gasteiger partial charge < -0.3 is 10.2 Å². The lowest BCUT2D eigenvalue weighted by molar-refractivity contribution is -0.158. The van der Waals surface area contributed by atoms with E-state index in [-0.39, 0.29) is 18.1 Å². The van der Waals surface area contributed by atoms with E-state index in [0.29, 0.717) is 6.42 Å². The number of rotatable bonds is 2. The Morgan fingerprint density at radius 3 is 2.21 bits per heavy atom. The molecule has 0 unspecified atom stereocenters. The molecule has 4 atom stereocenters. The van der Waals surface area contributed by atoms with Crippen LogP contribution in [0.3, 0.4) is 0 Å². The highest BCUT2D eigenvalue weighted by molar-refractivity contribution is 5.94. The highest BCUT2D eigenvalue weighted by atomic mass is 16.4. The van der Waals surface area contributed by atoms with Gasteiger partial charge in [-0.2, -0.15) is 0 Å². The molecular formula is C9H10O5. The topological polar surface area (TPSA) is 91.7 Å². The summed E-state index contributed by atoms with van der Waals surface area (Å²) in [5.41, 5.74) is 0. The average molecular weight is 198 g/mol. The summed E-state index contributed by atoms with van der Waals surface area (Å²) in [4.78, 5) is 32.9. The minimum atomic E-state index is -1.15. The van der Waals surface area contributed by atoms with Gasteiger partial charge in [0.25, 0.3) is 0 Å². The summed E-state index contributed by atoms with van der Waals surface area (Å²) in [6, 6.07) is 0. The number of aliphatic carboxylic acids is 2. The maximum absolute atomic E-state index is 11.3. The Labute approximate surface area is 79.7 Å². The van der Waals surface area contributed by atoms with E-state index in [1.807, 2.05) is 0 Å². The summed E-state index contributed by atoms with van der Waals surface area (Å²) in [5.74, 6) is -5.01. The Kier molecular flexibility index (Phi) is 1.83. The zero-order valence-electron chi connectivity index (χ0n) is 7.34. The molecule has 0 aliphatic heterocycles. The summed E-state index contributed by atoms with van der Waals surface area (Å²) < 4.78 is 0. The van der Waals surface area contributed by atoms with Crippen LogP contribution in [-0.2, 0) is 14.4 Å². The molecule has 0 saturated heterocycles. The Morgan fingerprint density at radius 1 is 1.14 bits per heavy atom. The summed E-state index contributed by atoms with van der Waals surface area (Å²) in [6.45, 7) is 0. The van der Waals surface area contributed by atoms with Crippen LogP contribution in [0.25, 0.3) is 0 Å². The van der Waals surface area contributed by atoms with Crippen molar-refractivity contribution in [2.45, 2.75) is 12.8 Å². The number of hydrogen-bond donors (Lipinski definition) is 2. The maximum Gasteiger partial charge on any atom is 0.308 e. The minimum Gasteiger partial charge on any atom is -0.481 e. The highest BCUT2D eigenvalue weighted by Gasteiger charge is 2.58. The molecule has 76 valence electrons. The lowest BCUT2D eigenvalue weighted by Crippen LogP contribution is -2.38. The number of carbonyl (C=O) groups excluding carboxylic acids is 1. The predicted octanol–water partition coefficient (Wildman–Crippen LogP) is -0.00310. The zero-order chi connectivity index (χ0) is 10.5. The van der Waals surface area contributed by atoms with Crippen LogP contribution in [0.2, 0.25) is 0 Å². The lowest BCUT2D eigenvalue weighted by atomic mass is 9.79. The molecule has 2 bridgehead atoms. The Hall–Kier alpha value is -1.39. The molecule has 5 heteroatoms. The molecule has 0 amide bonds. The summed E-state index contributed by atoms with van der Waals surface area (Å²) in [5, 5.41) is 17.7. The van der Waals surface area contributed by atoms with Crippen LogP contribution in [0.5, 0.6) is 0 Å². The third-order valence-electron chi connectivity index (χ3n) is 3.33. The van der Waals surface area contributed by atoms with E-state index in [0.717, 1.165) is 0 Å². The number of Topliss-reactive ketones (excluding diaryl/α,β-unsaturated/α-hetero) is 1. The molecule has 2 aliphatic rings. The van der Waals surface area contributed by atoms with Gasteiger partial charge in [-0.15, -0.1) is 0 Å². The van der Waals surface area contributed by atoms with E-state index >= 15 is 0 Å². The van der Waals surface area contributed by atoms with Crippen LogP contribution >= 0.6 is 0 Å². The largest absolute Gasteiger partial charge is 0.481 e. The van der Waals surface area contributed by atoms with Crippen molar-refractivity contribution in [2.24, 2.45) is 23.7 Å². The Bertz CT molecular complexity index is 321. The van der Waals surface area contributed by atoms with Crippen LogP contribution in [0, 0.1) is 23.7 Å². The monoisotopic (exact) mass is 198 g/mol. The molecule has 0 aromatic rings. The van der Waals surface area contributed by atoms with Crippen LogP contribution in [0.1, 0.15) is 12.8 Å². The second-order valence-electron chi connectivity index (χ2n) is 4.00. The number of hydrogen-bond acceptors (Lipinski definition) is 3.